The molecule has 3 heterocycles. The van der Waals surface area contributed by atoms with Crippen LogP contribution in [0.3, 0.4) is 0 Å². The molecule has 100 valence electrons. The summed E-state index contributed by atoms with van der Waals surface area (Å²) in [5.41, 5.74) is 6.03. The molecule has 0 aromatic rings. The molecule has 3 saturated heterocycles. The summed E-state index contributed by atoms with van der Waals surface area (Å²) >= 11 is 0. The SMILES string of the molecule is NC(CCCC(F)(F)F)C1CN2CCN1CC2. The average Bonchev–Trinajstić information content (AvgIpc) is 2.28. The van der Waals surface area contributed by atoms with Crippen molar-refractivity contribution >= 4 is 0 Å². The summed E-state index contributed by atoms with van der Waals surface area (Å²) in [6, 6.07) is 0.131. The lowest BCUT2D eigenvalue weighted by atomic mass is 9.96. The van der Waals surface area contributed by atoms with Crippen LogP contribution in [0.15, 0.2) is 0 Å². The molecule has 0 spiro atoms. The molecule has 2 bridgehead atoms. The number of hydrogen-bond acceptors (Lipinski definition) is 3. The van der Waals surface area contributed by atoms with E-state index in [9.17, 15) is 13.2 Å². The Kier molecular flexibility index (Phi) is 3.95. The van der Waals surface area contributed by atoms with E-state index in [0.717, 1.165) is 32.7 Å². The van der Waals surface area contributed by atoms with Crippen LogP contribution in [-0.2, 0) is 0 Å². The summed E-state index contributed by atoms with van der Waals surface area (Å²) in [7, 11) is 0. The Morgan fingerprint density at radius 1 is 1.18 bits per heavy atom. The van der Waals surface area contributed by atoms with E-state index in [4.69, 9.17) is 5.73 Å². The van der Waals surface area contributed by atoms with Gasteiger partial charge in [0.15, 0.2) is 0 Å². The summed E-state index contributed by atoms with van der Waals surface area (Å²) in [6.45, 7) is 5.10. The molecule has 0 aromatic carbocycles. The van der Waals surface area contributed by atoms with Gasteiger partial charge in [0.2, 0.25) is 0 Å². The first kappa shape index (κ1) is 13.1. The molecule has 0 radical (unpaired) electrons. The molecule has 2 atom stereocenters. The van der Waals surface area contributed by atoms with Crippen molar-refractivity contribution < 1.29 is 13.2 Å². The van der Waals surface area contributed by atoms with Crippen molar-refractivity contribution in [3.63, 3.8) is 0 Å². The highest BCUT2D eigenvalue weighted by Crippen LogP contribution is 2.24. The maximum Gasteiger partial charge on any atom is 0.389 e. The third kappa shape index (κ3) is 3.56. The Balaban J connectivity index is 1.74. The van der Waals surface area contributed by atoms with Crippen LogP contribution in [0.4, 0.5) is 13.2 Å². The van der Waals surface area contributed by atoms with E-state index in [2.05, 4.69) is 9.80 Å². The van der Waals surface area contributed by atoms with E-state index in [1.165, 1.54) is 0 Å². The normalized spacial score (nSPS) is 34.9. The van der Waals surface area contributed by atoms with Gasteiger partial charge in [0.25, 0.3) is 0 Å². The van der Waals surface area contributed by atoms with Gasteiger partial charge >= 0.3 is 6.18 Å². The zero-order valence-corrected chi connectivity index (χ0v) is 9.92. The largest absolute Gasteiger partial charge is 0.389 e. The maximum atomic E-state index is 12.0. The zero-order chi connectivity index (χ0) is 12.5. The zero-order valence-electron chi connectivity index (χ0n) is 9.92. The minimum Gasteiger partial charge on any atom is -0.326 e. The van der Waals surface area contributed by atoms with Crippen LogP contribution in [0, 0.1) is 0 Å². The molecule has 3 aliphatic rings. The number of hydrogen-bond donors (Lipinski definition) is 1. The monoisotopic (exact) mass is 251 g/mol. The quantitative estimate of drug-likeness (QED) is 0.810. The number of alkyl halides is 3. The Labute approximate surface area is 99.7 Å². The predicted octanol–water partition coefficient (Wildman–Crippen LogP) is 1.05. The molecule has 3 rings (SSSR count). The molecule has 17 heavy (non-hydrogen) atoms. The minimum absolute atomic E-state index is 0.125. The Bertz CT molecular complexity index is 249. The van der Waals surface area contributed by atoms with Gasteiger partial charge in [-0.05, 0) is 12.8 Å². The fraction of sp³-hybridized carbons (Fsp3) is 1.00. The lowest BCUT2D eigenvalue weighted by Gasteiger charge is -2.49. The number of nitrogens with zero attached hydrogens (tertiary/aromatic N) is 2. The number of rotatable bonds is 4. The molecule has 0 aromatic heterocycles. The Hall–Kier alpha value is -0.330. The number of nitrogens with two attached hydrogens (primary N) is 1. The van der Waals surface area contributed by atoms with Crippen LogP contribution in [-0.4, -0.2) is 60.8 Å². The van der Waals surface area contributed by atoms with Crippen LogP contribution < -0.4 is 5.73 Å². The summed E-state index contributed by atoms with van der Waals surface area (Å²) in [4.78, 5) is 4.69. The second-order valence-electron chi connectivity index (χ2n) is 5.08. The van der Waals surface area contributed by atoms with E-state index in [-0.39, 0.29) is 18.5 Å². The first-order valence-corrected chi connectivity index (χ1v) is 6.24. The highest BCUT2D eigenvalue weighted by Gasteiger charge is 2.35. The van der Waals surface area contributed by atoms with Gasteiger partial charge in [0, 0.05) is 51.2 Å². The van der Waals surface area contributed by atoms with Crippen molar-refractivity contribution in [1.29, 1.82) is 0 Å². The lowest BCUT2D eigenvalue weighted by molar-refractivity contribution is -0.136. The van der Waals surface area contributed by atoms with Gasteiger partial charge in [-0.2, -0.15) is 13.2 Å². The summed E-state index contributed by atoms with van der Waals surface area (Å²) < 4.78 is 36.1. The third-order valence-corrected chi connectivity index (χ3v) is 3.81. The van der Waals surface area contributed by atoms with Crippen LogP contribution >= 0.6 is 0 Å². The fourth-order valence-corrected chi connectivity index (χ4v) is 2.79. The summed E-state index contributed by atoms with van der Waals surface area (Å²) in [5, 5.41) is 0. The van der Waals surface area contributed by atoms with Gasteiger partial charge in [-0.3, -0.25) is 9.80 Å². The first-order valence-electron chi connectivity index (χ1n) is 6.24. The van der Waals surface area contributed by atoms with Gasteiger partial charge < -0.3 is 5.73 Å². The van der Waals surface area contributed by atoms with E-state index in [1.54, 1.807) is 0 Å². The molecule has 6 heteroatoms. The van der Waals surface area contributed by atoms with Crippen molar-refractivity contribution in [3.05, 3.63) is 0 Å². The standard InChI is InChI=1S/C11H20F3N3/c12-11(13,14)3-1-2-9(15)10-8-16-4-6-17(10)7-5-16/h9-10H,1-8,15H2. The smallest absolute Gasteiger partial charge is 0.326 e. The number of fused-ring (bicyclic) bond motifs is 3. The minimum atomic E-state index is -4.05. The molecule has 2 N–H and O–H groups in total. The van der Waals surface area contributed by atoms with E-state index in [1.807, 2.05) is 0 Å². The van der Waals surface area contributed by atoms with Crippen molar-refractivity contribution in [2.24, 2.45) is 5.73 Å². The van der Waals surface area contributed by atoms with Gasteiger partial charge in [-0.25, -0.2) is 0 Å². The first-order chi connectivity index (χ1) is 7.96. The molecular weight excluding hydrogens is 231 g/mol. The number of halogens is 3. The van der Waals surface area contributed by atoms with Crippen molar-refractivity contribution in [1.82, 2.24) is 9.80 Å². The van der Waals surface area contributed by atoms with Gasteiger partial charge in [-0.15, -0.1) is 0 Å². The molecule has 0 saturated carbocycles. The summed E-state index contributed by atoms with van der Waals surface area (Å²) in [6.07, 6.45) is -4.14. The fourth-order valence-electron chi connectivity index (χ4n) is 2.79. The van der Waals surface area contributed by atoms with E-state index < -0.39 is 12.6 Å². The van der Waals surface area contributed by atoms with E-state index >= 15 is 0 Å². The second-order valence-corrected chi connectivity index (χ2v) is 5.08. The molecule has 0 aliphatic carbocycles. The van der Waals surface area contributed by atoms with Gasteiger partial charge in [0.1, 0.15) is 0 Å². The second kappa shape index (κ2) is 5.12. The van der Waals surface area contributed by atoms with Crippen molar-refractivity contribution in [2.75, 3.05) is 32.7 Å². The highest BCUT2D eigenvalue weighted by molar-refractivity contribution is 4.93. The average molecular weight is 251 g/mol. The summed E-state index contributed by atoms with van der Waals surface area (Å²) in [5.74, 6) is 0. The third-order valence-electron chi connectivity index (χ3n) is 3.81. The molecule has 3 fully saturated rings. The van der Waals surface area contributed by atoms with E-state index in [0.29, 0.717) is 6.42 Å². The van der Waals surface area contributed by atoms with Crippen LogP contribution in [0.5, 0.6) is 0 Å². The Morgan fingerprint density at radius 2 is 1.82 bits per heavy atom. The number of piperazine rings is 3. The molecule has 2 unspecified atom stereocenters. The van der Waals surface area contributed by atoms with Crippen molar-refractivity contribution in [2.45, 2.75) is 37.5 Å². The van der Waals surface area contributed by atoms with Crippen molar-refractivity contribution in [3.8, 4) is 0 Å². The highest BCUT2D eigenvalue weighted by atomic mass is 19.4. The topological polar surface area (TPSA) is 32.5 Å². The molecule has 0 amide bonds. The van der Waals surface area contributed by atoms with Gasteiger partial charge in [0.05, 0.1) is 0 Å². The van der Waals surface area contributed by atoms with Crippen LogP contribution in [0.25, 0.3) is 0 Å². The predicted molar refractivity (Wildman–Crippen MR) is 59.7 cm³/mol. The molecular formula is C11H20F3N3. The molecule has 3 nitrogen and oxygen atoms in total. The van der Waals surface area contributed by atoms with Gasteiger partial charge in [-0.1, -0.05) is 0 Å². The maximum absolute atomic E-state index is 12.0. The van der Waals surface area contributed by atoms with Crippen LogP contribution in [0.1, 0.15) is 19.3 Å². The van der Waals surface area contributed by atoms with Crippen LogP contribution in [0.2, 0.25) is 0 Å². The Morgan fingerprint density at radius 3 is 2.29 bits per heavy atom. The molecule has 3 aliphatic heterocycles. The lowest BCUT2D eigenvalue weighted by Crippen LogP contribution is -2.65.